The molecular formula is C19H19N3O5. The first kappa shape index (κ1) is 18.4. The molecule has 0 aromatic heterocycles. The number of nitrogens with one attached hydrogen (secondary N) is 1. The third kappa shape index (κ3) is 3.74. The molecule has 0 bridgehead atoms. The maximum absolute atomic E-state index is 12.8. The number of nitro benzene ring substituents is 1. The van der Waals surface area contributed by atoms with Crippen molar-refractivity contribution in [1.82, 2.24) is 5.32 Å². The largest absolute Gasteiger partial charge is 0.497 e. The first-order chi connectivity index (χ1) is 12.9. The third-order valence-electron chi connectivity index (χ3n) is 4.49. The molecule has 1 aliphatic heterocycles. The van der Waals surface area contributed by atoms with E-state index >= 15 is 0 Å². The number of rotatable bonds is 5. The number of anilines is 1. The second-order valence-electron chi connectivity index (χ2n) is 6.24. The zero-order chi connectivity index (χ0) is 19.6. The van der Waals surface area contributed by atoms with Crippen LogP contribution in [0.5, 0.6) is 5.75 Å². The summed E-state index contributed by atoms with van der Waals surface area (Å²) in [5.41, 5.74) is 1.77. The Balaban J connectivity index is 1.71. The van der Waals surface area contributed by atoms with E-state index in [1.807, 2.05) is 12.1 Å². The Labute approximate surface area is 155 Å². The van der Waals surface area contributed by atoms with Crippen LogP contribution in [-0.2, 0) is 11.2 Å². The van der Waals surface area contributed by atoms with E-state index in [0.717, 1.165) is 17.0 Å². The molecule has 27 heavy (non-hydrogen) atoms. The molecule has 3 rings (SSSR count). The van der Waals surface area contributed by atoms with Gasteiger partial charge >= 0.3 is 0 Å². The summed E-state index contributed by atoms with van der Waals surface area (Å²) in [7, 11) is 1.59. The molecule has 1 N–H and O–H groups in total. The monoisotopic (exact) mass is 369 g/mol. The molecule has 2 amide bonds. The lowest BCUT2D eigenvalue weighted by atomic mass is 10.1. The van der Waals surface area contributed by atoms with Crippen LogP contribution in [0.1, 0.15) is 22.8 Å². The van der Waals surface area contributed by atoms with Gasteiger partial charge in [0, 0.05) is 29.9 Å². The molecule has 0 spiro atoms. The fraction of sp³-hybridized carbons (Fsp3) is 0.263. The van der Waals surface area contributed by atoms with Crippen molar-refractivity contribution in [2.45, 2.75) is 19.4 Å². The highest BCUT2D eigenvalue weighted by molar-refractivity contribution is 6.03. The number of nitrogens with zero attached hydrogens (tertiary/aromatic N) is 2. The highest BCUT2D eigenvalue weighted by Crippen LogP contribution is 2.31. The molecule has 8 nitrogen and oxygen atoms in total. The van der Waals surface area contributed by atoms with Gasteiger partial charge in [-0.15, -0.1) is 0 Å². The molecular weight excluding hydrogens is 350 g/mol. The summed E-state index contributed by atoms with van der Waals surface area (Å²) in [6.45, 7) is 2.12. The van der Waals surface area contributed by atoms with E-state index in [0.29, 0.717) is 13.0 Å². The summed E-state index contributed by atoms with van der Waals surface area (Å²) < 4.78 is 5.20. The predicted molar refractivity (Wildman–Crippen MR) is 99.1 cm³/mol. The molecule has 1 heterocycles. The first-order valence-electron chi connectivity index (χ1n) is 8.44. The number of non-ortho nitro benzene ring substituents is 1. The van der Waals surface area contributed by atoms with Crippen LogP contribution in [0.3, 0.4) is 0 Å². The second-order valence-corrected chi connectivity index (χ2v) is 6.24. The molecule has 1 aliphatic rings. The van der Waals surface area contributed by atoms with Gasteiger partial charge in [0.2, 0.25) is 5.91 Å². The number of ether oxygens (including phenoxy) is 1. The number of hydrogen-bond donors (Lipinski definition) is 1. The van der Waals surface area contributed by atoms with E-state index < -0.39 is 16.9 Å². The van der Waals surface area contributed by atoms with Crippen LogP contribution < -0.4 is 15.0 Å². The molecule has 1 atom stereocenters. The summed E-state index contributed by atoms with van der Waals surface area (Å²) in [6, 6.07) is 10.1. The molecule has 0 aliphatic carbocycles. The van der Waals surface area contributed by atoms with Gasteiger partial charge in [-0.05, 0) is 43.2 Å². The van der Waals surface area contributed by atoms with Crippen LogP contribution in [0, 0.1) is 10.1 Å². The minimum Gasteiger partial charge on any atom is -0.497 e. The van der Waals surface area contributed by atoms with Crippen molar-refractivity contribution in [3.05, 3.63) is 63.7 Å². The van der Waals surface area contributed by atoms with Crippen molar-refractivity contribution in [1.29, 1.82) is 0 Å². The number of carbonyl (C=O) groups is 2. The number of amides is 2. The van der Waals surface area contributed by atoms with Crippen LogP contribution in [0.4, 0.5) is 11.4 Å². The lowest BCUT2D eigenvalue weighted by molar-refractivity contribution is -0.384. The van der Waals surface area contributed by atoms with Crippen LogP contribution in [0.25, 0.3) is 0 Å². The number of nitro groups is 1. The summed E-state index contributed by atoms with van der Waals surface area (Å²) >= 11 is 0. The van der Waals surface area contributed by atoms with Crippen molar-refractivity contribution < 1.29 is 19.2 Å². The summed E-state index contributed by atoms with van der Waals surface area (Å²) in [5, 5.41) is 13.5. The Morgan fingerprint density at radius 3 is 2.74 bits per heavy atom. The Bertz CT molecular complexity index is 912. The fourth-order valence-corrected chi connectivity index (χ4v) is 3.07. The average molecular weight is 369 g/mol. The van der Waals surface area contributed by atoms with Crippen molar-refractivity contribution in [3.63, 3.8) is 0 Å². The van der Waals surface area contributed by atoms with Gasteiger partial charge in [0.25, 0.3) is 11.6 Å². The quantitative estimate of drug-likeness (QED) is 0.644. The van der Waals surface area contributed by atoms with Crippen LogP contribution >= 0.6 is 0 Å². The van der Waals surface area contributed by atoms with E-state index in [4.69, 9.17) is 4.74 Å². The normalized spacial score (nSPS) is 13.6. The summed E-state index contributed by atoms with van der Waals surface area (Å²) in [4.78, 5) is 37.0. The van der Waals surface area contributed by atoms with Crippen LogP contribution in [0.2, 0.25) is 0 Å². The van der Waals surface area contributed by atoms with Crippen LogP contribution in [0.15, 0.2) is 42.5 Å². The Morgan fingerprint density at radius 1 is 1.26 bits per heavy atom. The van der Waals surface area contributed by atoms with Gasteiger partial charge in [-0.3, -0.25) is 19.7 Å². The number of fused-ring (bicyclic) bond motifs is 1. The number of benzene rings is 2. The van der Waals surface area contributed by atoms with E-state index in [9.17, 15) is 19.7 Å². The second kappa shape index (κ2) is 7.45. The Morgan fingerprint density at radius 2 is 2.04 bits per heavy atom. The number of carbonyl (C=O) groups excluding carboxylic acids is 2. The molecule has 140 valence electrons. The van der Waals surface area contributed by atoms with E-state index in [2.05, 4.69) is 5.32 Å². The summed E-state index contributed by atoms with van der Waals surface area (Å²) in [5.74, 6) is -0.0403. The summed E-state index contributed by atoms with van der Waals surface area (Å²) in [6.07, 6.45) is 0.712. The maximum atomic E-state index is 12.8. The number of methoxy groups -OCH3 is 1. The Kier molecular flexibility index (Phi) is 5.07. The lowest BCUT2D eigenvalue weighted by Crippen LogP contribution is -2.46. The third-order valence-corrected chi connectivity index (χ3v) is 4.49. The highest BCUT2D eigenvalue weighted by Gasteiger charge is 2.29. The molecule has 0 saturated carbocycles. The van der Waals surface area contributed by atoms with Gasteiger partial charge in [0.05, 0.1) is 12.0 Å². The van der Waals surface area contributed by atoms with Gasteiger partial charge < -0.3 is 15.0 Å². The highest BCUT2D eigenvalue weighted by atomic mass is 16.6. The fourth-order valence-electron chi connectivity index (χ4n) is 3.07. The zero-order valence-corrected chi connectivity index (χ0v) is 15.0. The topological polar surface area (TPSA) is 102 Å². The average Bonchev–Trinajstić information content (AvgIpc) is 3.10. The molecule has 0 unspecified atom stereocenters. The molecule has 8 heteroatoms. The first-order valence-corrected chi connectivity index (χ1v) is 8.44. The van der Waals surface area contributed by atoms with Gasteiger partial charge in [-0.2, -0.15) is 0 Å². The van der Waals surface area contributed by atoms with Gasteiger partial charge in [0.15, 0.2) is 0 Å². The lowest BCUT2D eigenvalue weighted by Gasteiger charge is -2.22. The van der Waals surface area contributed by atoms with Crippen molar-refractivity contribution in [3.8, 4) is 5.75 Å². The number of hydrogen-bond acceptors (Lipinski definition) is 5. The Hall–Kier alpha value is -3.42. The van der Waals surface area contributed by atoms with Gasteiger partial charge in [-0.1, -0.05) is 6.07 Å². The molecule has 0 fully saturated rings. The smallest absolute Gasteiger partial charge is 0.270 e. The maximum Gasteiger partial charge on any atom is 0.270 e. The SMILES string of the molecule is COc1ccc2c(c1)CCN2C(=O)[C@H](C)NC(=O)c1cccc([N+](=O)[O-])c1. The minimum absolute atomic E-state index is 0.135. The van der Waals surface area contributed by atoms with E-state index in [-0.39, 0.29) is 17.2 Å². The standard InChI is InChI=1S/C19H19N3O5/c1-12(20-18(23)14-4-3-5-15(10-14)22(25)26)19(24)21-9-8-13-11-16(27-2)6-7-17(13)21/h3-7,10-12H,8-9H2,1-2H3,(H,20,23)/t12-/m0/s1. The van der Waals surface area contributed by atoms with Crippen LogP contribution in [-0.4, -0.2) is 36.4 Å². The van der Waals surface area contributed by atoms with Gasteiger partial charge in [-0.25, -0.2) is 0 Å². The minimum atomic E-state index is -0.773. The van der Waals surface area contributed by atoms with Crippen molar-refractivity contribution in [2.75, 3.05) is 18.6 Å². The van der Waals surface area contributed by atoms with Crippen molar-refractivity contribution >= 4 is 23.2 Å². The predicted octanol–water partition coefficient (Wildman–Crippen LogP) is 2.31. The van der Waals surface area contributed by atoms with Gasteiger partial charge in [0.1, 0.15) is 11.8 Å². The van der Waals surface area contributed by atoms with Crippen molar-refractivity contribution in [2.24, 2.45) is 0 Å². The molecule has 2 aromatic rings. The zero-order valence-electron chi connectivity index (χ0n) is 15.0. The molecule has 0 radical (unpaired) electrons. The van der Waals surface area contributed by atoms with E-state index in [1.165, 1.54) is 24.3 Å². The molecule has 2 aromatic carbocycles. The molecule has 0 saturated heterocycles. The van der Waals surface area contributed by atoms with E-state index in [1.54, 1.807) is 25.0 Å².